The fraction of sp³-hybridized carbons (Fsp3) is 0.0714. The topological polar surface area (TPSA) is 68.0 Å². The summed E-state index contributed by atoms with van der Waals surface area (Å²) in [7, 11) is 0. The molecule has 0 aliphatic carbocycles. The first-order valence-electron chi connectivity index (χ1n) is 6.09. The number of pyridine rings is 1. The summed E-state index contributed by atoms with van der Waals surface area (Å²) in [6.07, 6.45) is 1.70. The molecule has 0 spiro atoms. The molecular weight excluding hydrogens is 354 g/mol. The summed E-state index contributed by atoms with van der Waals surface area (Å²) in [6.45, 7) is 0. The molecule has 0 amide bonds. The van der Waals surface area contributed by atoms with Crippen LogP contribution in [-0.2, 0) is 4.79 Å². The number of rotatable bonds is 4. The minimum atomic E-state index is -0.874. The lowest BCUT2D eigenvalue weighted by Gasteiger charge is -2.07. The fourth-order valence-electron chi connectivity index (χ4n) is 1.95. The fourth-order valence-corrected chi connectivity index (χ4v) is 3.01. The standard InChI is InChI=1S/C14H10BrN3O2S/c15-9-6-11-13(16-7-9)18(10-4-2-1-3-5-10)14(17-11)21-8-12(19)20/h1-7H,8H2,(H,19,20). The van der Waals surface area contributed by atoms with Crippen LogP contribution in [0.5, 0.6) is 0 Å². The highest BCUT2D eigenvalue weighted by atomic mass is 79.9. The van der Waals surface area contributed by atoms with E-state index in [1.54, 1.807) is 6.20 Å². The maximum Gasteiger partial charge on any atom is 0.313 e. The summed E-state index contributed by atoms with van der Waals surface area (Å²) in [5.41, 5.74) is 2.33. The van der Waals surface area contributed by atoms with Gasteiger partial charge in [0.05, 0.1) is 5.75 Å². The molecule has 3 rings (SSSR count). The molecule has 0 bridgehead atoms. The van der Waals surface area contributed by atoms with Crippen LogP contribution in [0, 0.1) is 0 Å². The van der Waals surface area contributed by atoms with E-state index < -0.39 is 5.97 Å². The van der Waals surface area contributed by atoms with Crippen molar-refractivity contribution >= 4 is 44.8 Å². The van der Waals surface area contributed by atoms with Gasteiger partial charge in [-0.05, 0) is 34.1 Å². The van der Waals surface area contributed by atoms with Crippen molar-refractivity contribution in [3.05, 3.63) is 47.1 Å². The Bertz CT molecular complexity index is 805. The number of aromatic nitrogens is 3. The normalized spacial score (nSPS) is 10.9. The molecule has 3 aromatic rings. The zero-order chi connectivity index (χ0) is 14.8. The number of thioether (sulfide) groups is 1. The second-order valence-electron chi connectivity index (χ2n) is 4.24. The molecule has 0 saturated carbocycles. The van der Waals surface area contributed by atoms with Crippen molar-refractivity contribution in [2.45, 2.75) is 5.16 Å². The first kappa shape index (κ1) is 14.1. The van der Waals surface area contributed by atoms with Crippen molar-refractivity contribution in [1.29, 1.82) is 0 Å². The predicted molar refractivity (Wildman–Crippen MR) is 84.9 cm³/mol. The highest BCUT2D eigenvalue weighted by Crippen LogP contribution is 2.28. The van der Waals surface area contributed by atoms with Crippen molar-refractivity contribution in [2.24, 2.45) is 0 Å². The molecule has 0 aliphatic heterocycles. The number of carboxylic acid groups (broad SMARTS) is 1. The predicted octanol–water partition coefficient (Wildman–Crippen LogP) is 3.36. The van der Waals surface area contributed by atoms with Gasteiger partial charge in [0.25, 0.3) is 0 Å². The van der Waals surface area contributed by atoms with Crippen LogP contribution in [0.1, 0.15) is 0 Å². The number of carbonyl (C=O) groups is 1. The number of imidazole rings is 1. The molecule has 0 saturated heterocycles. The van der Waals surface area contributed by atoms with Gasteiger partial charge in [-0.3, -0.25) is 9.36 Å². The number of carboxylic acids is 1. The van der Waals surface area contributed by atoms with Crippen LogP contribution in [-0.4, -0.2) is 31.4 Å². The molecule has 7 heteroatoms. The van der Waals surface area contributed by atoms with Crippen molar-refractivity contribution in [3.8, 4) is 5.69 Å². The number of hydrogen-bond donors (Lipinski definition) is 1. The minimum absolute atomic E-state index is 0.0443. The summed E-state index contributed by atoms with van der Waals surface area (Å²) in [5.74, 6) is -0.919. The molecule has 0 atom stereocenters. The number of aliphatic carboxylic acids is 1. The van der Waals surface area contributed by atoms with Crippen LogP contribution in [0.25, 0.3) is 16.9 Å². The maximum absolute atomic E-state index is 10.8. The Kier molecular flexibility index (Phi) is 3.94. The summed E-state index contributed by atoms with van der Waals surface area (Å²) in [5, 5.41) is 9.49. The quantitative estimate of drug-likeness (QED) is 0.719. The molecule has 5 nitrogen and oxygen atoms in total. The summed E-state index contributed by atoms with van der Waals surface area (Å²) < 4.78 is 2.71. The van der Waals surface area contributed by atoms with Gasteiger partial charge in [-0.15, -0.1) is 0 Å². The molecule has 21 heavy (non-hydrogen) atoms. The molecule has 2 heterocycles. The number of halogens is 1. The third-order valence-corrected chi connectivity index (χ3v) is 4.13. The van der Waals surface area contributed by atoms with Crippen LogP contribution in [0.15, 0.2) is 52.2 Å². The average Bonchev–Trinajstić information content (AvgIpc) is 2.83. The summed E-state index contributed by atoms with van der Waals surface area (Å²) >= 11 is 4.55. The minimum Gasteiger partial charge on any atom is -0.481 e. The van der Waals surface area contributed by atoms with Gasteiger partial charge >= 0.3 is 5.97 Å². The highest BCUT2D eigenvalue weighted by Gasteiger charge is 2.15. The molecule has 1 aromatic carbocycles. The molecule has 0 aliphatic rings. The first-order chi connectivity index (χ1) is 10.1. The Morgan fingerprint density at radius 3 is 2.81 bits per heavy atom. The SMILES string of the molecule is O=C(O)CSc1nc2cc(Br)cnc2n1-c1ccccc1. The van der Waals surface area contributed by atoms with E-state index in [1.807, 2.05) is 41.0 Å². The third-order valence-electron chi connectivity index (χ3n) is 2.77. The summed E-state index contributed by atoms with van der Waals surface area (Å²) in [4.78, 5) is 19.7. The molecule has 106 valence electrons. The van der Waals surface area contributed by atoms with Crippen LogP contribution in [0.3, 0.4) is 0 Å². The number of benzene rings is 1. The van der Waals surface area contributed by atoms with Crippen molar-refractivity contribution < 1.29 is 9.90 Å². The summed E-state index contributed by atoms with van der Waals surface area (Å²) in [6, 6.07) is 11.5. The maximum atomic E-state index is 10.8. The van der Waals surface area contributed by atoms with E-state index in [-0.39, 0.29) is 5.75 Å². The molecule has 1 N–H and O–H groups in total. The van der Waals surface area contributed by atoms with Crippen molar-refractivity contribution in [1.82, 2.24) is 14.5 Å². The van der Waals surface area contributed by atoms with Gasteiger partial charge in [-0.1, -0.05) is 30.0 Å². The first-order valence-corrected chi connectivity index (χ1v) is 7.87. The van der Waals surface area contributed by atoms with Gasteiger partial charge in [-0.25, -0.2) is 9.97 Å². The van der Waals surface area contributed by atoms with Crippen molar-refractivity contribution in [2.75, 3.05) is 5.75 Å². The van der Waals surface area contributed by atoms with Gasteiger partial charge in [-0.2, -0.15) is 0 Å². The van der Waals surface area contributed by atoms with Crippen LogP contribution in [0.2, 0.25) is 0 Å². The Morgan fingerprint density at radius 1 is 1.33 bits per heavy atom. The number of nitrogens with zero attached hydrogens (tertiary/aromatic N) is 3. The number of fused-ring (bicyclic) bond motifs is 1. The monoisotopic (exact) mass is 363 g/mol. The average molecular weight is 364 g/mol. The van der Waals surface area contributed by atoms with E-state index in [4.69, 9.17) is 5.11 Å². The Labute approximate surface area is 133 Å². The van der Waals surface area contributed by atoms with Crippen LogP contribution in [0.4, 0.5) is 0 Å². The lowest BCUT2D eigenvalue weighted by atomic mass is 10.3. The van der Waals surface area contributed by atoms with Gasteiger partial charge < -0.3 is 5.11 Å². The van der Waals surface area contributed by atoms with E-state index in [9.17, 15) is 4.79 Å². The molecule has 0 radical (unpaired) electrons. The lowest BCUT2D eigenvalue weighted by Crippen LogP contribution is -2.02. The van der Waals surface area contributed by atoms with Gasteiger partial charge in [0.15, 0.2) is 10.8 Å². The number of para-hydroxylation sites is 1. The van der Waals surface area contributed by atoms with E-state index in [1.165, 1.54) is 11.8 Å². The van der Waals surface area contributed by atoms with E-state index >= 15 is 0 Å². The van der Waals surface area contributed by atoms with Gasteiger partial charge in [0, 0.05) is 16.4 Å². The van der Waals surface area contributed by atoms with Gasteiger partial charge in [0.2, 0.25) is 0 Å². The zero-order valence-corrected chi connectivity index (χ0v) is 13.1. The lowest BCUT2D eigenvalue weighted by molar-refractivity contribution is -0.133. The van der Waals surface area contributed by atoms with Gasteiger partial charge in [0.1, 0.15) is 5.52 Å². The second-order valence-corrected chi connectivity index (χ2v) is 6.10. The smallest absolute Gasteiger partial charge is 0.313 e. The molecule has 2 aromatic heterocycles. The van der Waals surface area contributed by atoms with E-state index in [0.29, 0.717) is 10.8 Å². The Morgan fingerprint density at radius 2 is 2.10 bits per heavy atom. The molecular formula is C14H10BrN3O2S. The molecule has 0 unspecified atom stereocenters. The van der Waals surface area contributed by atoms with Crippen molar-refractivity contribution in [3.63, 3.8) is 0 Å². The third kappa shape index (κ3) is 2.93. The van der Waals surface area contributed by atoms with E-state index in [0.717, 1.165) is 15.7 Å². The van der Waals surface area contributed by atoms with E-state index in [2.05, 4.69) is 25.9 Å². The zero-order valence-electron chi connectivity index (χ0n) is 10.7. The largest absolute Gasteiger partial charge is 0.481 e. The second kappa shape index (κ2) is 5.87. The Hall–Kier alpha value is -1.86. The Balaban J connectivity index is 2.18. The molecule has 0 fully saturated rings. The van der Waals surface area contributed by atoms with Crippen LogP contribution < -0.4 is 0 Å². The highest BCUT2D eigenvalue weighted by molar-refractivity contribution is 9.10. The number of hydrogen-bond acceptors (Lipinski definition) is 4. The van der Waals surface area contributed by atoms with Crippen LogP contribution >= 0.6 is 27.7 Å².